The molecule has 0 unspecified atom stereocenters. The highest BCUT2D eigenvalue weighted by Gasteiger charge is 2.30. The van der Waals surface area contributed by atoms with Crippen molar-refractivity contribution in [2.24, 2.45) is 0 Å². The van der Waals surface area contributed by atoms with Crippen LogP contribution in [0.5, 0.6) is 6.01 Å². The number of alkyl halides is 3. The molecule has 1 aromatic heterocycles. The van der Waals surface area contributed by atoms with Crippen molar-refractivity contribution in [3.63, 3.8) is 0 Å². The molecule has 0 saturated carbocycles. The Kier molecular flexibility index (Phi) is 6.59. The maximum Gasteiger partial charge on any atom is 0.416 e. The molecule has 0 spiro atoms. The molecule has 0 aliphatic heterocycles. The van der Waals surface area contributed by atoms with Gasteiger partial charge in [0.2, 0.25) is 0 Å². The molecule has 180 valence electrons. The Morgan fingerprint density at radius 1 is 1.00 bits per heavy atom. The van der Waals surface area contributed by atoms with Gasteiger partial charge in [-0.1, -0.05) is 35.9 Å². The van der Waals surface area contributed by atoms with Crippen molar-refractivity contribution in [2.45, 2.75) is 33.1 Å². The number of benzene rings is 3. The van der Waals surface area contributed by atoms with Crippen LogP contribution in [0, 0.1) is 6.92 Å². The van der Waals surface area contributed by atoms with Gasteiger partial charge in [-0.15, -0.1) is 5.10 Å². The minimum Gasteiger partial charge on any atom is -0.460 e. The largest absolute Gasteiger partial charge is 0.460 e. The second kappa shape index (κ2) is 9.61. The predicted octanol–water partition coefficient (Wildman–Crippen LogP) is 6.30. The molecule has 0 bridgehead atoms. The fourth-order valence-electron chi connectivity index (χ4n) is 3.35. The van der Waals surface area contributed by atoms with Gasteiger partial charge in [0, 0.05) is 16.8 Å². The van der Waals surface area contributed by atoms with Gasteiger partial charge in [-0.3, -0.25) is 4.79 Å². The Labute approximate surface area is 200 Å². The Balaban J connectivity index is 1.63. The summed E-state index contributed by atoms with van der Waals surface area (Å²) in [7, 11) is 0. The third kappa shape index (κ3) is 5.68. The fraction of sp³-hybridized carbons (Fsp3) is 0.192. The number of aromatic nitrogens is 3. The summed E-state index contributed by atoms with van der Waals surface area (Å²) in [4.78, 5) is 17.2. The third-order valence-corrected chi connectivity index (χ3v) is 5.06. The highest BCUT2D eigenvalue weighted by Crippen LogP contribution is 2.29. The van der Waals surface area contributed by atoms with Gasteiger partial charge in [0.15, 0.2) is 5.82 Å². The lowest BCUT2D eigenvalue weighted by Crippen LogP contribution is -2.13. The first-order chi connectivity index (χ1) is 16.6. The maximum absolute atomic E-state index is 12.8. The van der Waals surface area contributed by atoms with Crippen molar-refractivity contribution in [1.82, 2.24) is 14.8 Å². The predicted molar refractivity (Wildman–Crippen MR) is 127 cm³/mol. The van der Waals surface area contributed by atoms with E-state index in [-0.39, 0.29) is 17.7 Å². The molecule has 1 amide bonds. The Hall–Kier alpha value is -4.14. The highest BCUT2D eigenvalue weighted by molar-refractivity contribution is 6.04. The summed E-state index contributed by atoms with van der Waals surface area (Å²) in [6.07, 6.45) is -4.58. The SMILES string of the molecule is Cc1ccc(-c2nc(OC(C)C)nn2-c2cccc(NC(=O)c3ccc(C(F)(F)F)cc3)c2)cc1. The van der Waals surface area contributed by atoms with Crippen molar-refractivity contribution in [1.29, 1.82) is 0 Å². The number of aryl methyl sites for hydroxylation is 1. The maximum atomic E-state index is 12.8. The average Bonchev–Trinajstić information content (AvgIpc) is 3.22. The zero-order valence-corrected chi connectivity index (χ0v) is 19.3. The first-order valence-corrected chi connectivity index (χ1v) is 10.9. The van der Waals surface area contributed by atoms with Crippen molar-refractivity contribution < 1.29 is 22.7 Å². The van der Waals surface area contributed by atoms with Crippen molar-refractivity contribution in [2.75, 3.05) is 5.32 Å². The smallest absolute Gasteiger partial charge is 0.416 e. The summed E-state index contributed by atoms with van der Waals surface area (Å²) in [6.45, 7) is 5.75. The third-order valence-electron chi connectivity index (χ3n) is 5.06. The lowest BCUT2D eigenvalue weighted by atomic mass is 10.1. The van der Waals surface area contributed by atoms with Crippen LogP contribution in [0.4, 0.5) is 18.9 Å². The van der Waals surface area contributed by atoms with Gasteiger partial charge in [-0.25, -0.2) is 4.68 Å². The molecular weight excluding hydrogens is 457 g/mol. The summed E-state index contributed by atoms with van der Waals surface area (Å²) in [5.74, 6) is 0.0314. The number of halogens is 3. The molecule has 1 N–H and O–H groups in total. The summed E-state index contributed by atoms with van der Waals surface area (Å²) < 4.78 is 45.7. The van der Waals surface area contributed by atoms with Crippen molar-refractivity contribution in [3.8, 4) is 23.1 Å². The normalized spacial score (nSPS) is 11.5. The van der Waals surface area contributed by atoms with Gasteiger partial charge in [0.25, 0.3) is 5.91 Å². The molecule has 0 aliphatic carbocycles. The number of nitrogens with one attached hydrogen (secondary N) is 1. The zero-order valence-electron chi connectivity index (χ0n) is 19.3. The lowest BCUT2D eigenvalue weighted by Gasteiger charge is -2.10. The van der Waals surface area contributed by atoms with Crippen LogP contribution >= 0.6 is 0 Å². The Morgan fingerprint density at radius 2 is 1.69 bits per heavy atom. The summed E-state index contributed by atoms with van der Waals surface area (Å²) in [5, 5.41) is 7.21. The monoisotopic (exact) mass is 480 g/mol. The molecule has 0 fully saturated rings. The second-order valence-electron chi connectivity index (χ2n) is 8.24. The van der Waals surface area contributed by atoms with Gasteiger partial charge in [-0.05, 0) is 63.2 Å². The van der Waals surface area contributed by atoms with Crippen LogP contribution in [-0.2, 0) is 6.18 Å². The number of carbonyl (C=O) groups is 1. The quantitative estimate of drug-likeness (QED) is 0.352. The molecule has 3 aromatic carbocycles. The summed E-state index contributed by atoms with van der Waals surface area (Å²) in [6, 6.07) is 19.0. The van der Waals surface area contributed by atoms with E-state index in [1.165, 1.54) is 0 Å². The number of hydrogen-bond donors (Lipinski definition) is 1. The lowest BCUT2D eigenvalue weighted by molar-refractivity contribution is -0.137. The van der Waals surface area contributed by atoms with Crippen LogP contribution in [0.25, 0.3) is 17.1 Å². The molecule has 0 saturated heterocycles. The van der Waals surface area contributed by atoms with Crippen LogP contribution in [0.3, 0.4) is 0 Å². The number of anilines is 1. The molecule has 4 rings (SSSR count). The van der Waals surface area contributed by atoms with Gasteiger partial charge in [0.05, 0.1) is 17.4 Å². The van der Waals surface area contributed by atoms with Crippen molar-refractivity contribution in [3.05, 3.63) is 89.5 Å². The average molecular weight is 480 g/mol. The Bertz CT molecular complexity index is 1330. The van der Waals surface area contributed by atoms with Gasteiger partial charge in [0.1, 0.15) is 0 Å². The number of rotatable bonds is 6. The number of carbonyl (C=O) groups excluding carboxylic acids is 1. The zero-order chi connectivity index (χ0) is 25.2. The van der Waals surface area contributed by atoms with Crippen molar-refractivity contribution >= 4 is 11.6 Å². The molecule has 6 nitrogen and oxygen atoms in total. The molecule has 0 radical (unpaired) electrons. The second-order valence-corrected chi connectivity index (χ2v) is 8.24. The van der Waals surface area contributed by atoms with Gasteiger partial charge < -0.3 is 10.1 Å². The molecule has 35 heavy (non-hydrogen) atoms. The molecule has 9 heteroatoms. The van der Waals surface area contributed by atoms with E-state index in [1.54, 1.807) is 28.9 Å². The first-order valence-electron chi connectivity index (χ1n) is 10.9. The van der Waals surface area contributed by atoms with E-state index in [0.717, 1.165) is 35.4 Å². The fourth-order valence-corrected chi connectivity index (χ4v) is 3.35. The van der Waals surface area contributed by atoms with E-state index < -0.39 is 17.6 Å². The van der Waals surface area contributed by atoms with Crippen LogP contribution < -0.4 is 10.1 Å². The van der Waals surface area contributed by atoms with E-state index in [0.29, 0.717) is 17.2 Å². The van der Waals surface area contributed by atoms with E-state index in [9.17, 15) is 18.0 Å². The van der Waals surface area contributed by atoms with E-state index in [4.69, 9.17) is 4.74 Å². The minimum absolute atomic E-state index is 0.108. The van der Waals surface area contributed by atoms with Crippen LogP contribution in [-0.4, -0.2) is 26.8 Å². The van der Waals surface area contributed by atoms with Crippen LogP contribution in [0.15, 0.2) is 72.8 Å². The topological polar surface area (TPSA) is 69.0 Å². The highest BCUT2D eigenvalue weighted by atomic mass is 19.4. The number of hydrogen-bond acceptors (Lipinski definition) is 4. The standard InChI is InChI=1S/C26H23F3N4O2/c1-16(2)35-25-31-23(18-9-7-17(3)8-10-18)33(32-25)22-6-4-5-21(15-22)30-24(34)19-11-13-20(14-12-19)26(27,28)29/h4-16H,1-3H3,(H,30,34). The number of ether oxygens (including phenoxy) is 1. The molecule has 0 atom stereocenters. The number of nitrogens with zero attached hydrogens (tertiary/aromatic N) is 3. The first kappa shape index (κ1) is 24.0. The minimum atomic E-state index is -4.46. The number of amides is 1. The van der Waals surface area contributed by atoms with Gasteiger partial charge >= 0.3 is 12.2 Å². The van der Waals surface area contributed by atoms with Crippen LogP contribution in [0.2, 0.25) is 0 Å². The molecule has 4 aromatic rings. The molecular formula is C26H23F3N4O2. The Morgan fingerprint density at radius 3 is 2.31 bits per heavy atom. The van der Waals surface area contributed by atoms with E-state index >= 15 is 0 Å². The van der Waals surface area contributed by atoms with Gasteiger partial charge in [-0.2, -0.15) is 18.2 Å². The summed E-state index contributed by atoms with van der Waals surface area (Å²) in [5.41, 5.74) is 2.30. The van der Waals surface area contributed by atoms with Crippen LogP contribution in [0.1, 0.15) is 35.3 Å². The van der Waals surface area contributed by atoms with E-state index in [2.05, 4.69) is 15.4 Å². The molecule has 0 aliphatic rings. The van der Waals surface area contributed by atoms with E-state index in [1.807, 2.05) is 45.0 Å². The summed E-state index contributed by atoms with van der Waals surface area (Å²) >= 11 is 0. The molecule has 1 heterocycles.